The van der Waals surface area contributed by atoms with E-state index in [0.717, 1.165) is 32.4 Å². The number of esters is 1. The molecule has 0 radical (unpaired) electrons. The van der Waals surface area contributed by atoms with Crippen molar-refractivity contribution in [2.45, 2.75) is 45.2 Å². The fourth-order valence-electron chi connectivity index (χ4n) is 3.28. The van der Waals surface area contributed by atoms with E-state index in [1.165, 1.54) is 7.11 Å². The van der Waals surface area contributed by atoms with Gasteiger partial charge in [-0.15, -0.1) is 10.2 Å². The zero-order valence-electron chi connectivity index (χ0n) is 14.4. The van der Waals surface area contributed by atoms with E-state index in [1.54, 1.807) is 0 Å². The summed E-state index contributed by atoms with van der Waals surface area (Å²) in [6, 6.07) is 4.13. The summed E-state index contributed by atoms with van der Waals surface area (Å²) in [6.45, 7) is 5.95. The van der Waals surface area contributed by atoms with E-state index in [9.17, 15) is 4.79 Å². The largest absolute Gasteiger partial charge is 0.464 e. The van der Waals surface area contributed by atoms with Gasteiger partial charge in [-0.2, -0.15) is 0 Å². The molecule has 0 spiro atoms. The van der Waals surface area contributed by atoms with Crippen molar-refractivity contribution in [3.8, 4) is 0 Å². The lowest BCUT2D eigenvalue weighted by molar-refractivity contribution is 0.0579. The van der Waals surface area contributed by atoms with Crippen molar-refractivity contribution in [3.63, 3.8) is 0 Å². The smallest absolute Gasteiger partial charge is 0.354 e. The molecule has 1 unspecified atom stereocenters. The number of aryl methyl sites for hydroxylation is 1. The number of aromatic nitrogens is 3. The second kappa shape index (κ2) is 7.17. The topological polar surface area (TPSA) is 73.4 Å². The maximum atomic E-state index is 11.8. The summed E-state index contributed by atoms with van der Waals surface area (Å²) in [5.41, 5.74) is 0.619. The molecule has 7 heteroatoms. The number of nitrogens with zero attached hydrogens (tertiary/aromatic N) is 4. The summed E-state index contributed by atoms with van der Waals surface area (Å²) >= 11 is 0. The van der Waals surface area contributed by atoms with Crippen LogP contribution < -0.4 is 0 Å². The zero-order valence-corrected chi connectivity index (χ0v) is 14.4. The average molecular weight is 332 g/mol. The Balaban J connectivity index is 1.63. The van der Waals surface area contributed by atoms with Crippen LogP contribution >= 0.6 is 0 Å². The van der Waals surface area contributed by atoms with Gasteiger partial charge in [-0.05, 0) is 31.9 Å². The van der Waals surface area contributed by atoms with Gasteiger partial charge in [0.05, 0.1) is 13.2 Å². The summed E-state index contributed by atoms with van der Waals surface area (Å²) in [6.07, 6.45) is 4.66. The third-order valence-corrected chi connectivity index (χ3v) is 4.76. The first-order chi connectivity index (χ1) is 11.6. The van der Waals surface area contributed by atoms with Crippen molar-refractivity contribution < 1.29 is 13.9 Å². The number of hydrogen-bond acceptors (Lipinski definition) is 6. The number of piperidine rings is 1. The third kappa shape index (κ3) is 3.21. The van der Waals surface area contributed by atoms with Gasteiger partial charge in [0.25, 0.3) is 0 Å². The second-order valence-corrected chi connectivity index (χ2v) is 6.12. The van der Waals surface area contributed by atoms with Crippen LogP contribution in [0.15, 0.2) is 22.7 Å². The highest BCUT2D eigenvalue weighted by atomic mass is 16.5. The molecule has 0 N–H and O–H groups in total. The van der Waals surface area contributed by atoms with E-state index >= 15 is 0 Å². The van der Waals surface area contributed by atoms with Crippen LogP contribution in [0.4, 0.5) is 0 Å². The Bertz CT molecular complexity index is 686. The lowest BCUT2D eigenvalue weighted by Crippen LogP contribution is -2.37. The number of carbonyl (C=O) groups excluding carboxylic acids is 1. The van der Waals surface area contributed by atoms with E-state index in [0.29, 0.717) is 23.5 Å². The molecule has 0 amide bonds. The van der Waals surface area contributed by atoms with Gasteiger partial charge >= 0.3 is 5.97 Å². The molecule has 3 heterocycles. The Labute approximate surface area is 141 Å². The molecule has 1 atom stereocenters. The molecule has 130 valence electrons. The average Bonchev–Trinajstić information content (AvgIpc) is 3.29. The quantitative estimate of drug-likeness (QED) is 0.784. The van der Waals surface area contributed by atoms with E-state index in [4.69, 9.17) is 9.15 Å². The standard InChI is InChI=1S/C17H24N4O3/c1-4-15-18-19-16(24-15)12(2)20-10-7-13(8-11-20)21-9-5-6-14(21)17(22)23-3/h5-6,9,12-13H,4,7-8,10-11H2,1-3H3. The molecule has 2 aromatic rings. The summed E-state index contributed by atoms with van der Waals surface area (Å²) < 4.78 is 12.6. The molecule has 1 aliphatic rings. The molecule has 0 bridgehead atoms. The van der Waals surface area contributed by atoms with Crippen LogP contribution in [0.3, 0.4) is 0 Å². The molecule has 7 nitrogen and oxygen atoms in total. The van der Waals surface area contributed by atoms with Crippen molar-refractivity contribution in [2.75, 3.05) is 20.2 Å². The zero-order chi connectivity index (χ0) is 17.1. The highest BCUT2D eigenvalue weighted by Crippen LogP contribution is 2.29. The van der Waals surface area contributed by atoms with E-state index in [1.807, 2.05) is 29.8 Å². The number of ether oxygens (including phenoxy) is 1. The van der Waals surface area contributed by atoms with Crippen LogP contribution in [0.1, 0.15) is 61.0 Å². The third-order valence-electron chi connectivity index (χ3n) is 4.76. The van der Waals surface area contributed by atoms with Gasteiger partial charge in [-0.3, -0.25) is 4.90 Å². The highest BCUT2D eigenvalue weighted by molar-refractivity contribution is 5.87. The Morgan fingerprint density at radius 1 is 1.42 bits per heavy atom. The van der Waals surface area contributed by atoms with Crippen LogP contribution in [-0.4, -0.2) is 45.8 Å². The molecule has 1 fully saturated rings. The summed E-state index contributed by atoms with van der Waals surface area (Å²) in [5.74, 6) is 1.08. The maximum Gasteiger partial charge on any atom is 0.354 e. The number of methoxy groups -OCH3 is 1. The van der Waals surface area contributed by atoms with Crippen molar-refractivity contribution >= 4 is 5.97 Å². The van der Waals surface area contributed by atoms with Crippen LogP contribution in [0.2, 0.25) is 0 Å². The van der Waals surface area contributed by atoms with Gasteiger partial charge in [-0.25, -0.2) is 4.79 Å². The fraction of sp³-hybridized carbons (Fsp3) is 0.588. The normalized spacial score (nSPS) is 17.8. The van der Waals surface area contributed by atoms with Crippen LogP contribution in [0.25, 0.3) is 0 Å². The van der Waals surface area contributed by atoms with Crippen molar-refractivity contribution in [1.29, 1.82) is 0 Å². The lowest BCUT2D eigenvalue weighted by Gasteiger charge is -2.35. The van der Waals surface area contributed by atoms with Gasteiger partial charge in [0, 0.05) is 31.7 Å². The molecule has 24 heavy (non-hydrogen) atoms. The molecule has 3 rings (SSSR count). The lowest BCUT2D eigenvalue weighted by atomic mass is 10.0. The van der Waals surface area contributed by atoms with E-state index < -0.39 is 0 Å². The first-order valence-electron chi connectivity index (χ1n) is 8.45. The summed E-state index contributed by atoms with van der Waals surface area (Å²) in [5, 5.41) is 8.20. The van der Waals surface area contributed by atoms with Crippen LogP contribution in [0.5, 0.6) is 0 Å². The molecule has 1 saturated heterocycles. The van der Waals surface area contributed by atoms with Gasteiger partial charge < -0.3 is 13.7 Å². The van der Waals surface area contributed by atoms with E-state index in [2.05, 4.69) is 22.0 Å². The summed E-state index contributed by atoms with van der Waals surface area (Å²) in [4.78, 5) is 14.2. The Hall–Kier alpha value is -2.15. The monoisotopic (exact) mass is 332 g/mol. The first kappa shape index (κ1) is 16.7. The van der Waals surface area contributed by atoms with Crippen LogP contribution in [-0.2, 0) is 11.2 Å². The van der Waals surface area contributed by atoms with Crippen molar-refractivity contribution in [3.05, 3.63) is 35.8 Å². The Morgan fingerprint density at radius 3 is 2.79 bits per heavy atom. The number of carbonyl (C=O) groups is 1. The highest BCUT2D eigenvalue weighted by Gasteiger charge is 2.28. The number of likely N-dealkylation sites (tertiary alicyclic amines) is 1. The number of rotatable bonds is 5. The van der Waals surface area contributed by atoms with Crippen molar-refractivity contribution in [1.82, 2.24) is 19.7 Å². The molecule has 0 aliphatic carbocycles. The molecule has 0 saturated carbocycles. The predicted molar refractivity (Wildman–Crippen MR) is 87.7 cm³/mol. The Kier molecular flexibility index (Phi) is 4.99. The van der Waals surface area contributed by atoms with Crippen molar-refractivity contribution in [2.24, 2.45) is 0 Å². The SMILES string of the molecule is CCc1nnc(C(C)N2CCC(n3cccc3C(=O)OC)CC2)o1. The molecule has 1 aliphatic heterocycles. The summed E-state index contributed by atoms with van der Waals surface area (Å²) in [7, 11) is 1.42. The minimum Gasteiger partial charge on any atom is -0.464 e. The Morgan fingerprint density at radius 2 is 2.17 bits per heavy atom. The predicted octanol–water partition coefficient (Wildman–Crippen LogP) is 2.62. The van der Waals surface area contributed by atoms with Gasteiger partial charge in [-0.1, -0.05) is 6.92 Å². The van der Waals surface area contributed by atoms with E-state index in [-0.39, 0.29) is 12.0 Å². The fourth-order valence-corrected chi connectivity index (χ4v) is 3.28. The first-order valence-corrected chi connectivity index (χ1v) is 8.45. The molecule has 2 aromatic heterocycles. The molecule has 0 aromatic carbocycles. The van der Waals surface area contributed by atoms with Gasteiger partial charge in [0.15, 0.2) is 0 Å². The maximum absolute atomic E-state index is 11.8. The molecular formula is C17H24N4O3. The minimum atomic E-state index is -0.284. The minimum absolute atomic E-state index is 0.114. The van der Waals surface area contributed by atoms with Gasteiger partial charge in [0.1, 0.15) is 5.69 Å². The number of hydrogen-bond donors (Lipinski definition) is 0. The van der Waals surface area contributed by atoms with Crippen LogP contribution in [0, 0.1) is 0 Å². The molecular weight excluding hydrogens is 308 g/mol. The second-order valence-electron chi connectivity index (χ2n) is 6.12. The van der Waals surface area contributed by atoms with Gasteiger partial charge in [0.2, 0.25) is 11.8 Å².